The van der Waals surface area contributed by atoms with Crippen LogP contribution in [0.3, 0.4) is 0 Å². The molecular formula is C9H17NOS. The maximum Gasteiger partial charge on any atom is 0.256 e. The van der Waals surface area contributed by atoms with Gasteiger partial charge in [-0.1, -0.05) is 19.3 Å². The zero-order valence-electron chi connectivity index (χ0n) is 7.64. The van der Waals surface area contributed by atoms with E-state index in [1.165, 1.54) is 32.1 Å². The van der Waals surface area contributed by atoms with E-state index in [0.717, 1.165) is 0 Å². The van der Waals surface area contributed by atoms with Gasteiger partial charge in [-0.15, -0.1) is 0 Å². The van der Waals surface area contributed by atoms with E-state index in [1.807, 2.05) is 6.92 Å². The van der Waals surface area contributed by atoms with Crippen molar-refractivity contribution in [2.75, 3.05) is 6.61 Å². The summed E-state index contributed by atoms with van der Waals surface area (Å²) in [7, 11) is 0. The van der Waals surface area contributed by atoms with Crippen LogP contribution < -0.4 is 5.32 Å². The molecule has 0 aliphatic heterocycles. The molecule has 1 aliphatic carbocycles. The molecule has 3 heteroatoms. The lowest BCUT2D eigenvalue weighted by Gasteiger charge is -2.23. The number of hydrogen-bond acceptors (Lipinski definition) is 2. The molecule has 12 heavy (non-hydrogen) atoms. The Hall–Kier alpha value is -0.310. The zero-order chi connectivity index (χ0) is 8.81. The van der Waals surface area contributed by atoms with Crippen molar-refractivity contribution >= 4 is 17.4 Å². The molecule has 1 fully saturated rings. The van der Waals surface area contributed by atoms with Crippen LogP contribution in [0.4, 0.5) is 0 Å². The lowest BCUT2D eigenvalue weighted by molar-refractivity contribution is 0.302. The van der Waals surface area contributed by atoms with Crippen molar-refractivity contribution < 1.29 is 4.74 Å². The summed E-state index contributed by atoms with van der Waals surface area (Å²) in [5.74, 6) is 0. The average Bonchev–Trinajstić information content (AvgIpc) is 2.06. The number of rotatable bonds is 2. The molecule has 1 rings (SSSR count). The Morgan fingerprint density at radius 2 is 2.08 bits per heavy atom. The third-order valence-corrected chi connectivity index (χ3v) is 2.44. The van der Waals surface area contributed by atoms with E-state index < -0.39 is 0 Å². The summed E-state index contributed by atoms with van der Waals surface area (Å²) in [6, 6.07) is 0.567. The summed E-state index contributed by atoms with van der Waals surface area (Å²) in [5, 5.41) is 3.80. The first-order chi connectivity index (χ1) is 5.83. The summed E-state index contributed by atoms with van der Waals surface area (Å²) >= 11 is 5.00. The molecule has 0 heterocycles. The van der Waals surface area contributed by atoms with E-state index >= 15 is 0 Å². The number of thiocarbonyl (C=S) groups is 1. The van der Waals surface area contributed by atoms with E-state index in [1.54, 1.807) is 0 Å². The maximum absolute atomic E-state index is 5.16. The summed E-state index contributed by atoms with van der Waals surface area (Å²) in [4.78, 5) is 0. The molecule has 0 saturated heterocycles. The van der Waals surface area contributed by atoms with Crippen LogP contribution in [-0.2, 0) is 4.74 Å². The second-order valence-electron chi connectivity index (χ2n) is 3.20. The second-order valence-corrected chi connectivity index (χ2v) is 3.57. The fraction of sp³-hybridized carbons (Fsp3) is 0.889. The fourth-order valence-electron chi connectivity index (χ4n) is 1.59. The van der Waals surface area contributed by atoms with Crippen LogP contribution in [0.2, 0.25) is 0 Å². The predicted molar refractivity (Wildman–Crippen MR) is 54.2 cm³/mol. The van der Waals surface area contributed by atoms with Crippen LogP contribution in [-0.4, -0.2) is 17.8 Å². The van der Waals surface area contributed by atoms with Crippen molar-refractivity contribution in [3.63, 3.8) is 0 Å². The number of ether oxygens (including phenoxy) is 1. The van der Waals surface area contributed by atoms with Gasteiger partial charge in [-0.2, -0.15) is 0 Å². The minimum absolute atomic E-state index is 0.567. The van der Waals surface area contributed by atoms with Gasteiger partial charge >= 0.3 is 0 Å². The van der Waals surface area contributed by atoms with Gasteiger partial charge in [0.25, 0.3) is 5.17 Å². The smallest absolute Gasteiger partial charge is 0.256 e. The van der Waals surface area contributed by atoms with Crippen LogP contribution in [0.15, 0.2) is 0 Å². The molecule has 0 radical (unpaired) electrons. The lowest BCUT2D eigenvalue weighted by Crippen LogP contribution is -2.36. The van der Waals surface area contributed by atoms with Crippen LogP contribution in [0.25, 0.3) is 0 Å². The second kappa shape index (κ2) is 5.36. The highest BCUT2D eigenvalue weighted by Crippen LogP contribution is 2.17. The Labute approximate surface area is 79.7 Å². The van der Waals surface area contributed by atoms with Crippen molar-refractivity contribution in [3.8, 4) is 0 Å². The Kier molecular flexibility index (Phi) is 4.36. The van der Waals surface area contributed by atoms with E-state index in [-0.39, 0.29) is 0 Å². The largest absolute Gasteiger partial charge is 0.471 e. The average molecular weight is 187 g/mol. The van der Waals surface area contributed by atoms with Crippen LogP contribution in [0.5, 0.6) is 0 Å². The van der Waals surface area contributed by atoms with Crippen LogP contribution in [0.1, 0.15) is 39.0 Å². The maximum atomic E-state index is 5.16. The zero-order valence-corrected chi connectivity index (χ0v) is 8.45. The van der Waals surface area contributed by atoms with Crippen molar-refractivity contribution in [1.82, 2.24) is 5.32 Å². The molecule has 1 N–H and O–H groups in total. The lowest BCUT2D eigenvalue weighted by atomic mass is 9.96. The highest BCUT2D eigenvalue weighted by Gasteiger charge is 2.13. The molecule has 0 spiro atoms. The van der Waals surface area contributed by atoms with E-state index in [4.69, 9.17) is 17.0 Å². The monoisotopic (exact) mass is 187 g/mol. The van der Waals surface area contributed by atoms with Gasteiger partial charge in [0.15, 0.2) is 0 Å². The van der Waals surface area contributed by atoms with Gasteiger partial charge in [0.05, 0.1) is 6.61 Å². The topological polar surface area (TPSA) is 21.3 Å². The van der Waals surface area contributed by atoms with Gasteiger partial charge in [0.1, 0.15) is 0 Å². The van der Waals surface area contributed by atoms with Gasteiger partial charge in [-0.3, -0.25) is 0 Å². The molecule has 70 valence electrons. The molecule has 0 aromatic carbocycles. The Bertz CT molecular complexity index is 143. The Balaban J connectivity index is 2.15. The predicted octanol–water partition coefficient (Wildman–Crippen LogP) is 2.23. The Morgan fingerprint density at radius 1 is 1.42 bits per heavy atom. The summed E-state index contributed by atoms with van der Waals surface area (Å²) in [6.07, 6.45) is 6.51. The van der Waals surface area contributed by atoms with Crippen molar-refractivity contribution in [2.24, 2.45) is 0 Å². The van der Waals surface area contributed by atoms with Crippen LogP contribution >= 0.6 is 12.2 Å². The Morgan fingerprint density at radius 3 is 2.67 bits per heavy atom. The van der Waals surface area contributed by atoms with E-state index in [0.29, 0.717) is 17.8 Å². The summed E-state index contributed by atoms with van der Waals surface area (Å²) < 4.78 is 5.16. The van der Waals surface area contributed by atoms with Crippen molar-refractivity contribution in [1.29, 1.82) is 0 Å². The molecule has 0 bridgehead atoms. The summed E-state index contributed by atoms with van der Waals surface area (Å²) in [6.45, 7) is 2.62. The third kappa shape index (κ3) is 3.39. The van der Waals surface area contributed by atoms with E-state index in [2.05, 4.69) is 5.32 Å². The van der Waals surface area contributed by atoms with Gasteiger partial charge in [0, 0.05) is 6.04 Å². The molecule has 0 amide bonds. The molecular weight excluding hydrogens is 170 g/mol. The van der Waals surface area contributed by atoms with Crippen molar-refractivity contribution in [2.45, 2.75) is 45.1 Å². The fourth-order valence-corrected chi connectivity index (χ4v) is 1.87. The normalized spacial score (nSPS) is 18.8. The number of hydrogen-bond donors (Lipinski definition) is 1. The first-order valence-corrected chi connectivity index (χ1v) is 5.17. The summed E-state index contributed by atoms with van der Waals surface area (Å²) in [5.41, 5.74) is 0. The molecule has 1 aliphatic rings. The molecule has 0 atom stereocenters. The molecule has 1 saturated carbocycles. The molecule has 2 nitrogen and oxygen atoms in total. The SMILES string of the molecule is CCOC(=S)NC1CCCCC1. The molecule has 0 unspecified atom stereocenters. The van der Waals surface area contributed by atoms with E-state index in [9.17, 15) is 0 Å². The van der Waals surface area contributed by atoms with Gasteiger partial charge in [-0.25, -0.2) is 0 Å². The minimum atomic E-state index is 0.567. The van der Waals surface area contributed by atoms with Crippen molar-refractivity contribution in [3.05, 3.63) is 0 Å². The van der Waals surface area contributed by atoms with Gasteiger partial charge in [0.2, 0.25) is 0 Å². The third-order valence-electron chi connectivity index (χ3n) is 2.20. The first kappa shape index (κ1) is 9.78. The molecule has 0 aromatic heterocycles. The minimum Gasteiger partial charge on any atom is -0.471 e. The quantitative estimate of drug-likeness (QED) is 0.670. The van der Waals surface area contributed by atoms with Gasteiger partial charge < -0.3 is 10.1 Å². The van der Waals surface area contributed by atoms with Gasteiger partial charge in [-0.05, 0) is 32.0 Å². The molecule has 0 aromatic rings. The highest BCUT2D eigenvalue weighted by molar-refractivity contribution is 7.80. The first-order valence-electron chi connectivity index (χ1n) is 4.76. The standard InChI is InChI=1S/C9H17NOS/c1-2-11-9(12)10-8-6-4-3-5-7-8/h8H,2-7H2,1H3,(H,10,12). The number of nitrogens with one attached hydrogen (secondary N) is 1. The van der Waals surface area contributed by atoms with Crippen LogP contribution in [0, 0.1) is 0 Å². The highest BCUT2D eigenvalue weighted by atomic mass is 32.1.